The molecule has 0 N–H and O–H groups in total. The van der Waals surface area contributed by atoms with Gasteiger partial charge in [-0.05, 0) is 70.3 Å². The monoisotopic (exact) mass is 464 g/mol. The number of rotatable bonds is 10. The molecule has 0 saturated heterocycles. The van der Waals surface area contributed by atoms with Gasteiger partial charge in [0, 0.05) is 18.2 Å². The maximum Gasteiger partial charge on any atom is 0.258 e. The zero-order chi connectivity index (χ0) is 24.9. The van der Waals surface area contributed by atoms with E-state index < -0.39 is 0 Å². The van der Waals surface area contributed by atoms with Crippen LogP contribution in [0.3, 0.4) is 0 Å². The largest absolute Gasteiger partial charge is 0.380 e. The normalized spacial score (nSPS) is 11.3. The fraction of sp³-hybridized carbons (Fsp3) is 0.286. The Bertz CT molecular complexity index is 1120. The zero-order valence-corrected chi connectivity index (χ0v) is 20.4. The Hall–Kier alpha value is -3.35. The highest BCUT2D eigenvalue weighted by Crippen LogP contribution is 2.30. The molecule has 0 atom stereocenters. The van der Waals surface area contributed by atoms with Gasteiger partial charge in [-0.2, -0.15) is 9.93 Å². The zero-order valence-electron chi connectivity index (χ0n) is 20.4. The predicted octanol–water partition coefficient (Wildman–Crippen LogP) is 7.56. The predicted molar refractivity (Wildman–Crippen MR) is 136 cm³/mol. The molecule has 0 aliphatic heterocycles. The number of aromatic nitrogens is 2. The minimum atomic E-state index is 0.222. The van der Waals surface area contributed by atoms with Crippen molar-refractivity contribution < 1.29 is 18.7 Å². The number of aryl methyl sites for hydroxylation is 1. The number of halogens is 1. The summed E-state index contributed by atoms with van der Waals surface area (Å²) in [6.07, 6.45) is 5.38. The molecular weight excluding hydrogens is 431 g/mol. The molecule has 6 heteroatoms. The van der Waals surface area contributed by atoms with Crippen LogP contribution in [0.15, 0.2) is 77.9 Å². The first kappa shape index (κ1) is 26.9. The van der Waals surface area contributed by atoms with Gasteiger partial charge in [0.2, 0.25) is 5.82 Å². The average Bonchev–Trinajstić information content (AvgIpc) is 3.37. The molecule has 0 bridgehead atoms. The van der Waals surface area contributed by atoms with Gasteiger partial charge in [-0.3, -0.25) is 0 Å². The summed E-state index contributed by atoms with van der Waals surface area (Å²) in [7, 11) is 1.68. The van der Waals surface area contributed by atoms with E-state index in [-0.39, 0.29) is 6.61 Å². The maximum absolute atomic E-state index is 10.5. The van der Waals surface area contributed by atoms with E-state index in [1.54, 1.807) is 7.11 Å². The van der Waals surface area contributed by atoms with E-state index in [1.165, 1.54) is 5.56 Å². The minimum Gasteiger partial charge on any atom is -0.380 e. The highest BCUT2D eigenvalue weighted by Gasteiger charge is 2.14. The fourth-order valence-corrected chi connectivity index (χ4v) is 3.32. The van der Waals surface area contributed by atoms with Crippen molar-refractivity contribution in [3.05, 3.63) is 90.0 Å². The number of ether oxygens (including phenoxy) is 1. The molecule has 0 saturated carbocycles. The number of methoxy groups -OCH3 is 1. The van der Waals surface area contributed by atoms with Crippen LogP contribution in [0.25, 0.3) is 28.4 Å². The molecule has 3 aromatic rings. The van der Waals surface area contributed by atoms with Gasteiger partial charge in [-0.1, -0.05) is 68.6 Å². The van der Waals surface area contributed by atoms with E-state index in [1.807, 2.05) is 56.3 Å². The summed E-state index contributed by atoms with van der Waals surface area (Å²) in [5, 5.41) is 4.17. The van der Waals surface area contributed by atoms with Gasteiger partial charge in [0.25, 0.3) is 5.89 Å². The van der Waals surface area contributed by atoms with Crippen molar-refractivity contribution in [2.24, 2.45) is 0 Å². The number of nitrogens with zero attached hydrogens (tertiary/aromatic N) is 2. The summed E-state index contributed by atoms with van der Waals surface area (Å²) in [5.41, 5.74) is 7.20. The van der Waals surface area contributed by atoms with Crippen LogP contribution >= 0.6 is 0 Å². The molecule has 0 unspecified atom stereocenters. The molecule has 1 aromatic heterocycles. The lowest BCUT2D eigenvalue weighted by atomic mass is 9.94. The van der Waals surface area contributed by atoms with Gasteiger partial charge in [0.15, 0.2) is 0 Å². The van der Waals surface area contributed by atoms with Crippen LogP contribution < -0.4 is 0 Å². The standard InChI is InChI=1S/C25H26N2O2.C3H7FO/c1-6-17(4)22(8-3)23-13-12-20(15-21(23)16-28-5)25-26-24(27-29-25)19-11-9-10-18(7-2)14-19;1-2-3-5-4/h6,8-15H,1,3,7,16H2,2,4-5H3;2-3H2,1H3/b22-17+;. The van der Waals surface area contributed by atoms with Crippen LogP contribution in [-0.2, 0) is 22.7 Å². The van der Waals surface area contributed by atoms with Gasteiger partial charge >= 0.3 is 0 Å². The van der Waals surface area contributed by atoms with Crippen molar-refractivity contribution in [2.75, 3.05) is 13.7 Å². The summed E-state index contributed by atoms with van der Waals surface area (Å²) in [5.74, 6) is 1.07. The minimum absolute atomic E-state index is 0.222. The van der Waals surface area contributed by atoms with Crippen molar-refractivity contribution in [3.8, 4) is 22.8 Å². The molecule has 0 aliphatic carbocycles. The van der Waals surface area contributed by atoms with E-state index in [4.69, 9.17) is 9.26 Å². The second-order valence-corrected chi connectivity index (χ2v) is 7.60. The summed E-state index contributed by atoms with van der Waals surface area (Å²) in [6.45, 7) is 14.5. The SMILES string of the molecule is C=C/C(C)=C(\C=C)c1ccc(-c2nc(-c3cccc(CC)c3)no2)cc1COC.CCCOF. The summed E-state index contributed by atoms with van der Waals surface area (Å²) < 4.78 is 21.5. The van der Waals surface area contributed by atoms with E-state index >= 15 is 0 Å². The summed E-state index contributed by atoms with van der Waals surface area (Å²) in [4.78, 5) is 7.80. The lowest BCUT2D eigenvalue weighted by molar-refractivity contribution is -0.131. The van der Waals surface area contributed by atoms with Crippen LogP contribution in [0.2, 0.25) is 0 Å². The van der Waals surface area contributed by atoms with Gasteiger partial charge in [0.05, 0.1) is 13.2 Å². The third-order valence-corrected chi connectivity index (χ3v) is 5.18. The topological polar surface area (TPSA) is 57.4 Å². The Morgan fingerprint density at radius 3 is 2.47 bits per heavy atom. The molecule has 0 spiro atoms. The third-order valence-electron chi connectivity index (χ3n) is 5.18. The van der Waals surface area contributed by atoms with Gasteiger partial charge in [0.1, 0.15) is 0 Å². The Labute approximate surface area is 201 Å². The Kier molecular flexibility index (Phi) is 11.1. The first-order chi connectivity index (χ1) is 16.5. The lowest BCUT2D eigenvalue weighted by Gasteiger charge is -2.13. The van der Waals surface area contributed by atoms with Gasteiger partial charge in [-0.25, -0.2) is 0 Å². The molecule has 3 rings (SSSR count). The van der Waals surface area contributed by atoms with Gasteiger partial charge < -0.3 is 9.26 Å². The van der Waals surface area contributed by atoms with Crippen LogP contribution in [0, 0.1) is 0 Å². The molecular formula is C28H33FN2O3. The highest BCUT2D eigenvalue weighted by molar-refractivity contribution is 5.80. The van der Waals surface area contributed by atoms with Crippen LogP contribution in [0.1, 0.15) is 43.9 Å². The fourth-order valence-electron chi connectivity index (χ4n) is 3.32. The molecule has 0 radical (unpaired) electrons. The van der Waals surface area contributed by atoms with Crippen LogP contribution in [-0.4, -0.2) is 23.9 Å². The molecule has 1 heterocycles. The Balaban J connectivity index is 0.000000739. The summed E-state index contributed by atoms with van der Waals surface area (Å²) >= 11 is 0. The molecule has 0 amide bonds. The Morgan fingerprint density at radius 2 is 1.88 bits per heavy atom. The molecule has 34 heavy (non-hydrogen) atoms. The lowest BCUT2D eigenvalue weighted by Crippen LogP contribution is -1.97. The maximum atomic E-state index is 10.5. The number of hydrogen-bond acceptors (Lipinski definition) is 5. The van der Waals surface area contributed by atoms with Crippen molar-refractivity contribution in [1.29, 1.82) is 0 Å². The smallest absolute Gasteiger partial charge is 0.258 e. The molecule has 0 fully saturated rings. The summed E-state index contributed by atoms with van der Waals surface area (Å²) in [6, 6.07) is 14.2. The highest BCUT2D eigenvalue weighted by atomic mass is 19.3. The average molecular weight is 465 g/mol. The molecule has 5 nitrogen and oxygen atoms in total. The molecule has 180 valence electrons. The first-order valence-electron chi connectivity index (χ1n) is 11.3. The number of allylic oxidation sites excluding steroid dienone is 4. The first-order valence-corrected chi connectivity index (χ1v) is 11.3. The molecule has 2 aromatic carbocycles. The van der Waals surface area contributed by atoms with E-state index in [2.05, 4.69) is 47.3 Å². The number of benzene rings is 2. The van der Waals surface area contributed by atoms with E-state index in [9.17, 15) is 4.53 Å². The van der Waals surface area contributed by atoms with Crippen LogP contribution in [0.4, 0.5) is 4.53 Å². The van der Waals surface area contributed by atoms with E-state index in [0.29, 0.717) is 18.3 Å². The third kappa shape index (κ3) is 7.07. The second kappa shape index (κ2) is 14.0. The van der Waals surface area contributed by atoms with Crippen molar-refractivity contribution in [1.82, 2.24) is 10.1 Å². The van der Waals surface area contributed by atoms with Crippen molar-refractivity contribution in [3.63, 3.8) is 0 Å². The number of hydrogen-bond donors (Lipinski definition) is 0. The Morgan fingerprint density at radius 1 is 1.09 bits per heavy atom. The molecule has 0 aliphatic rings. The quantitative estimate of drug-likeness (QED) is 0.290. The van der Waals surface area contributed by atoms with Crippen LogP contribution in [0.5, 0.6) is 0 Å². The second-order valence-electron chi connectivity index (χ2n) is 7.60. The van der Waals surface area contributed by atoms with Crippen molar-refractivity contribution >= 4 is 5.57 Å². The van der Waals surface area contributed by atoms with Gasteiger partial charge in [-0.15, -0.1) is 0 Å². The van der Waals surface area contributed by atoms with E-state index in [0.717, 1.165) is 46.2 Å². The van der Waals surface area contributed by atoms with Crippen molar-refractivity contribution in [2.45, 2.75) is 40.2 Å².